The van der Waals surface area contributed by atoms with Crippen molar-refractivity contribution in [3.63, 3.8) is 0 Å². The summed E-state index contributed by atoms with van der Waals surface area (Å²) in [5.41, 5.74) is 5.40. The predicted molar refractivity (Wildman–Crippen MR) is 504 cm³/mol. The minimum atomic E-state index is -1.51. The van der Waals surface area contributed by atoms with E-state index in [1.165, 1.54) is 24.3 Å². The van der Waals surface area contributed by atoms with E-state index in [1.54, 1.807) is 131 Å². The Labute approximate surface area is 769 Å². The van der Waals surface area contributed by atoms with Crippen LogP contribution < -0.4 is 40.2 Å². The van der Waals surface area contributed by atoms with Crippen LogP contribution in [0.2, 0.25) is 0 Å². The molecule has 0 spiro atoms. The number of carbonyl (C=O) groups is 10. The molecule has 2 atom stereocenters. The third kappa shape index (κ3) is 19.8. The lowest BCUT2D eigenvalue weighted by Crippen LogP contribution is -2.55. The van der Waals surface area contributed by atoms with Crippen molar-refractivity contribution in [2.24, 2.45) is 0 Å². The molecule has 0 aromatic heterocycles. The highest BCUT2D eigenvalue weighted by molar-refractivity contribution is 6.46. The molecule has 2 aliphatic heterocycles. The van der Waals surface area contributed by atoms with Gasteiger partial charge in [0.15, 0.2) is 0 Å². The number of hydrogen-bond donors (Lipinski definition) is 4. The normalized spacial score (nSPS) is 12.6. The topological polar surface area (TPSA) is 269 Å². The lowest BCUT2D eigenvalue weighted by Gasteiger charge is -2.37. The number of carbonyl (C=O) groups excluding carboxylic acids is 10. The molecule has 10 amide bonds. The Morgan fingerprint density at radius 3 is 0.746 bits per heavy atom. The summed E-state index contributed by atoms with van der Waals surface area (Å²) in [6.45, 7) is 19.1. The van der Waals surface area contributed by atoms with Gasteiger partial charge in [-0.3, -0.25) is 57.7 Å². The van der Waals surface area contributed by atoms with Crippen LogP contribution in [0.1, 0.15) is 99.8 Å². The summed E-state index contributed by atoms with van der Waals surface area (Å²) >= 11 is 23.9. The molecule has 22 nitrogen and oxygen atoms in total. The number of likely N-dealkylation sites (N-methyl/N-ethyl adjacent to an activating group) is 2. The first-order valence-corrected chi connectivity index (χ1v) is 43.8. The van der Waals surface area contributed by atoms with Crippen LogP contribution in [0, 0.1) is 0 Å². The molecule has 15 rings (SSSR count). The largest absolute Gasteiger partial charge is 0.457 e. The molecule has 13 aromatic rings. The van der Waals surface area contributed by atoms with E-state index in [4.69, 9.17) is 65.4 Å². The number of amides is 10. The van der Waals surface area contributed by atoms with Gasteiger partial charge in [0.2, 0.25) is 11.8 Å². The van der Waals surface area contributed by atoms with Crippen molar-refractivity contribution in [2.75, 3.05) is 39.3 Å². The van der Waals surface area contributed by atoms with Crippen LogP contribution in [-0.2, 0) is 80.4 Å². The second-order valence-electron chi connectivity index (χ2n) is 31.4. The van der Waals surface area contributed by atoms with Crippen LogP contribution in [0.3, 0.4) is 0 Å². The quantitative estimate of drug-likeness (QED) is 0.0121. The lowest BCUT2D eigenvalue weighted by atomic mass is 9.80. The van der Waals surface area contributed by atoms with Gasteiger partial charge >= 0.3 is 0 Å². The van der Waals surface area contributed by atoms with Gasteiger partial charge in [-0.25, -0.2) is 0 Å². The minimum absolute atomic E-state index is 0.0587. The third-order valence-corrected chi connectivity index (χ3v) is 23.6. The molecule has 2 aliphatic rings. The molecule has 2 unspecified atom stereocenters. The van der Waals surface area contributed by atoms with Crippen LogP contribution in [0.5, 0.6) is 46.0 Å². The van der Waals surface area contributed by atoms with Gasteiger partial charge in [0.05, 0.1) is 42.4 Å². The number of hydrogen-bond acceptors (Lipinski definition) is 14. The maximum atomic E-state index is 17.1. The average molecular weight is 1820 g/mol. The highest BCUT2D eigenvalue weighted by Crippen LogP contribution is 2.58. The Hall–Kier alpha value is -14.4. The average Bonchev–Trinajstić information content (AvgIpc) is 0.668. The van der Waals surface area contributed by atoms with Gasteiger partial charge in [-0.2, -0.15) is 0 Å². The zero-order valence-electron chi connectivity index (χ0n) is 71.0. The maximum absolute atomic E-state index is 17.1. The van der Waals surface area contributed by atoms with E-state index in [9.17, 15) is 19.2 Å². The monoisotopic (exact) mass is 1810 g/mol. The van der Waals surface area contributed by atoms with Crippen molar-refractivity contribution in [1.82, 2.24) is 40.9 Å². The second kappa shape index (κ2) is 40.3. The van der Waals surface area contributed by atoms with Crippen molar-refractivity contribution in [1.29, 1.82) is 0 Å². The van der Waals surface area contributed by atoms with Gasteiger partial charge in [0.25, 0.3) is 47.3 Å². The summed E-state index contributed by atoms with van der Waals surface area (Å²) in [5.74, 6) is -6.29. The highest BCUT2D eigenvalue weighted by Gasteiger charge is 2.48. The fraction of sp³-hybridized carbons (Fsp3) is 0.173. The molecule has 26 heteroatoms. The smallest absolute Gasteiger partial charge is 0.262 e. The maximum Gasteiger partial charge on any atom is 0.262 e. The Morgan fingerprint density at radius 1 is 0.308 bits per heavy atom. The number of nitrogens with one attached hydrogen (secondary N) is 4. The minimum Gasteiger partial charge on any atom is -0.457 e. The van der Waals surface area contributed by atoms with E-state index in [-0.39, 0.29) is 197 Å². The van der Waals surface area contributed by atoms with E-state index in [2.05, 4.69) is 47.6 Å². The molecule has 0 fully saturated rings. The van der Waals surface area contributed by atoms with Gasteiger partial charge in [-0.1, -0.05) is 243 Å². The zero-order valence-corrected chi connectivity index (χ0v) is 74.0. The van der Waals surface area contributed by atoms with Crippen molar-refractivity contribution in [3.8, 4) is 46.0 Å². The van der Waals surface area contributed by atoms with E-state index in [0.717, 1.165) is 43.2 Å². The van der Waals surface area contributed by atoms with Gasteiger partial charge in [-0.05, 0) is 157 Å². The summed E-state index contributed by atoms with van der Waals surface area (Å²) in [7, 11) is 0. The molecule has 0 radical (unpaired) electrons. The fourth-order valence-electron chi connectivity index (χ4n) is 16.5. The molecule has 0 saturated heterocycles. The molecule has 656 valence electrons. The van der Waals surface area contributed by atoms with Crippen molar-refractivity contribution in [3.05, 3.63) is 356 Å². The summed E-state index contributed by atoms with van der Waals surface area (Å²) in [4.78, 5) is 156. The first-order chi connectivity index (χ1) is 62.8. The number of imide groups is 2. The number of benzene rings is 13. The van der Waals surface area contributed by atoms with Crippen LogP contribution in [0.4, 0.5) is 0 Å². The summed E-state index contributed by atoms with van der Waals surface area (Å²) < 4.78 is 29.7. The molecule has 2 heterocycles. The predicted octanol–water partition coefficient (Wildman–Crippen LogP) is 19.1. The number of fused-ring (bicyclic) bond motifs is 2. The Balaban J connectivity index is 1.05. The molecule has 13 aromatic carbocycles. The van der Waals surface area contributed by atoms with Crippen molar-refractivity contribution >= 4 is 149 Å². The molecule has 0 saturated carbocycles. The van der Waals surface area contributed by atoms with Gasteiger partial charge < -0.3 is 50.0 Å². The standard InChI is InChI=1S/C104H88Cl4N8O14/c1-7-113(59-71-25-17-11-18-26-71)103(125)81(53-69-21-13-9-14-22-69)115-99(121)77-55-83(127-73-37-29-65(30-38-73)45-49-109-95(117)61(3)105)89-91-85(129-75-41-33-67(34-42-75)47-51-111-97(119)63(5)107)57-79-88-80(102(124)116(101(79)123)82(54-70-23-15-10-16-24-70)104(126)114(8-2)60-72-27-19-12-20-28-72)58-86(130-76-43-35-68(36-44-76)48-52-112-98(120)64(6)108)92(94(88)91)90-84(56-78(100(115)122)87(77)93(89)90)128-74-39-31-66(32-40-74)46-50-110-96(118)62(4)106/h9-44,55-58,81-82H,3-8,45-54,59-60H2,1-2H3,(H,109,117)(H,110,118)(H,111,119)(H,112,120). The summed E-state index contributed by atoms with van der Waals surface area (Å²) in [5, 5.41) is 11.2. The van der Waals surface area contributed by atoms with Gasteiger partial charge in [0.1, 0.15) is 58.1 Å². The number of nitrogens with zero attached hydrogens (tertiary/aromatic N) is 4. The molecule has 0 aliphatic carbocycles. The molecular weight excluding hydrogens is 1730 g/mol. The summed E-state index contributed by atoms with van der Waals surface area (Å²) in [6.07, 6.45) is 1.05. The second-order valence-corrected chi connectivity index (χ2v) is 33.2. The molecule has 4 N–H and O–H groups in total. The van der Waals surface area contributed by atoms with E-state index in [1.807, 2.05) is 111 Å². The first-order valence-electron chi connectivity index (χ1n) is 42.3. The fourth-order valence-corrected chi connectivity index (χ4v) is 16.7. The van der Waals surface area contributed by atoms with E-state index in [0.29, 0.717) is 36.8 Å². The van der Waals surface area contributed by atoms with E-state index < -0.39 is 71.2 Å². The highest BCUT2D eigenvalue weighted by atomic mass is 35.5. The van der Waals surface area contributed by atoms with Gasteiger partial charge in [0, 0.05) is 108 Å². The SMILES string of the molecule is C=C(Cl)C(=O)NCCc1ccc(Oc2cc3c4c(cc(Oc5ccc(CCNC(=O)C(=C)Cl)cc5)c5c6c(Oc7ccc(CCNC(=O)C(=C)Cl)cc7)cc7c8c(cc(Oc9ccc(CCNC(=O)C(=C)Cl)cc9)c(c2c45)c86)C(=O)N(C(Cc2ccccc2)C(=O)N(CC)Cc2ccccc2)C7=O)C(=O)N(C(Cc2ccccc2)C(=O)N(CC)Cc2ccccc2)C3=O)cc1. The lowest BCUT2D eigenvalue weighted by molar-refractivity contribution is -0.136. The third-order valence-electron chi connectivity index (χ3n) is 22.9. The zero-order chi connectivity index (χ0) is 91.6. The number of halogens is 4. The van der Waals surface area contributed by atoms with Crippen LogP contribution in [0.15, 0.2) is 289 Å². The Bertz CT molecular complexity index is 5960. The number of ether oxygens (including phenoxy) is 4. The van der Waals surface area contributed by atoms with E-state index >= 15 is 28.8 Å². The van der Waals surface area contributed by atoms with Gasteiger partial charge in [-0.15, -0.1) is 0 Å². The molecule has 130 heavy (non-hydrogen) atoms. The molecule has 0 bridgehead atoms. The summed E-state index contributed by atoms with van der Waals surface area (Å²) in [6, 6.07) is 67.8. The Morgan fingerprint density at radius 2 is 0.531 bits per heavy atom. The van der Waals surface area contributed by atoms with Crippen LogP contribution in [0.25, 0.3) is 43.1 Å². The van der Waals surface area contributed by atoms with Crippen LogP contribution >= 0.6 is 46.4 Å². The number of rotatable bonds is 38. The Kier molecular flexibility index (Phi) is 28.0. The van der Waals surface area contributed by atoms with Crippen molar-refractivity contribution in [2.45, 2.75) is 77.5 Å². The van der Waals surface area contributed by atoms with Crippen LogP contribution in [-0.4, -0.2) is 130 Å². The first kappa shape index (κ1) is 90.4. The van der Waals surface area contributed by atoms with Crippen molar-refractivity contribution < 1.29 is 66.9 Å². The molecular formula is C104H88Cl4N8O14.